The van der Waals surface area contributed by atoms with Crippen LogP contribution in [0.3, 0.4) is 0 Å². The topological polar surface area (TPSA) is 38.3 Å². The molecule has 0 saturated carbocycles. The number of nitrogens with one attached hydrogen (secondary N) is 1. The molecule has 0 spiro atoms. The lowest BCUT2D eigenvalue weighted by atomic mass is 9.71. The van der Waals surface area contributed by atoms with Gasteiger partial charge >= 0.3 is 0 Å². The van der Waals surface area contributed by atoms with Crippen molar-refractivity contribution in [2.75, 3.05) is 0 Å². The average molecular weight is 579 g/mol. The van der Waals surface area contributed by atoms with E-state index in [1.807, 2.05) is 6.92 Å². The van der Waals surface area contributed by atoms with Crippen molar-refractivity contribution in [3.05, 3.63) is 34.9 Å². The Bertz CT molecular complexity index is 888. The van der Waals surface area contributed by atoms with Crippen molar-refractivity contribution in [2.24, 2.45) is 29.1 Å². The van der Waals surface area contributed by atoms with Crippen LogP contribution in [0.25, 0.3) is 0 Å². The fraction of sp³-hybridized carbons (Fsp3) is 0.710. The number of hydrogen-bond acceptors (Lipinski definition) is 2. The Morgan fingerprint density at radius 1 is 1.22 bits per heavy atom. The molecule has 1 rings (SSSR count). The largest absolute Gasteiger partial charge is 0.412 e. The van der Waals surface area contributed by atoms with Crippen LogP contribution in [-0.4, -0.2) is 26.4 Å². The molecule has 7 atom stereocenters. The maximum atomic E-state index is 11.9. The van der Waals surface area contributed by atoms with Crippen LogP contribution in [0, 0.1) is 40.9 Å². The van der Waals surface area contributed by atoms with E-state index in [4.69, 9.17) is 4.43 Å². The number of amides is 1. The first-order valence-electron chi connectivity index (χ1n) is 13.6. The molecule has 0 unspecified atom stereocenters. The maximum absolute atomic E-state index is 11.9. The van der Waals surface area contributed by atoms with Crippen LogP contribution in [-0.2, 0) is 9.22 Å². The summed E-state index contributed by atoms with van der Waals surface area (Å²) in [5, 5.41) is 3.22. The van der Waals surface area contributed by atoms with Crippen molar-refractivity contribution in [2.45, 2.75) is 112 Å². The van der Waals surface area contributed by atoms with Gasteiger partial charge in [-0.15, -0.1) is 5.92 Å². The van der Waals surface area contributed by atoms with E-state index < -0.39 is 8.32 Å². The fourth-order valence-corrected chi connectivity index (χ4v) is 6.57. The summed E-state index contributed by atoms with van der Waals surface area (Å²) >= 11 is 3.80. The summed E-state index contributed by atoms with van der Waals surface area (Å²) in [5.41, 5.74) is -0.0159. The quantitative estimate of drug-likeness (QED) is 0.122. The summed E-state index contributed by atoms with van der Waals surface area (Å²) in [6, 6.07) is -0.0488. The second-order valence-electron chi connectivity index (χ2n) is 12.6. The predicted octanol–water partition coefficient (Wildman–Crippen LogP) is 8.64. The molecule has 0 heterocycles. The average Bonchev–Trinajstić information content (AvgIpc) is 2.75. The zero-order chi connectivity index (χ0) is 27.9. The molecule has 0 bridgehead atoms. The van der Waals surface area contributed by atoms with Crippen LogP contribution in [0.1, 0.15) is 82.1 Å². The fourth-order valence-electron chi connectivity index (χ4n) is 4.68. The molecule has 204 valence electrons. The Morgan fingerprint density at radius 3 is 2.36 bits per heavy atom. The van der Waals surface area contributed by atoms with Gasteiger partial charge in [-0.1, -0.05) is 93.8 Å². The molecule has 1 aliphatic rings. The molecule has 0 aromatic carbocycles. The third-order valence-electron chi connectivity index (χ3n) is 8.56. The first-order chi connectivity index (χ1) is 16.4. The zero-order valence-electron chi connectivity index (χ0n) is 25.0. The number of halogens is 1. The lowest BCUT2D eigenvalue weighted by Crippen LogP contribution is -2.53. The highest BCUT2D eigenvalue weighted by Crippen LogP contribution is 2.41. The van der Waals surface area contributed by atoms with E-state index in [2.05, 4.69) is 132 Å². The normalized spacial score (nSPS) is 25.5. The summed E-state index contributed by atoms with van der Waals surface area (Å²) in [6.07, 6.45) is 13.5. The molecule has 0 radical (unpaired) electrons. The van der Waals surface area contributed by atoms with Crippen molar-refractivity contribution in [3.8, 4) is 11.8 Å². The van der Waals surface area contributed by atoms with Gasteiger partial charge in [-0.3, -0.25) is 4.79 Å². The second-order valence-corrected chi connectivity index (χ2v) is 18.3. The van der Waals surface area contributed by atoms with Gasteiger partial charge in [0, 0.05) is 22.7 Å². The van der Waals surface area contributed by atoms with Crippen LogP contribution in [0.15, 0.2) is 34.9 Å². The molecular formula is C31H52BrNO2Si. The first kappa shape index (κ1) is 32.9. The van der Waals surface area contributed by atoms with E-state index in [1.54, 1.807) is 6.92 Å². The summed E-state index contributed by atoms with van der Waals surface area (Å²) in [5.74, 6) is 7.86. The van der Waals surface area contributed by atoms with E-state index in [0.717, 1.165) is 17.3 Å². The van der Waals surface area contributed by atoms with Gasteiger partial charge in [0.15, 0.2) is 8.32 Å². The Kier molecular flexibility index (Phi) is 12.5. The van der Waals surface area contributed by atoms with Crippen molar-refractivity contribution in [3.63, 3.8) is 0 Å². The lowest BCUT2D eigenvalue weighted by molar-refractivity contribution is -0.120. The first-order valence-corrected chi connectivity index (χ1v) is 17.3. The monoisotopic (exact) mass is 577 g/mol. The minimum absolute atomic E-state index is 0.00952. The van der Waals surface area contributed by atoms with Gasteiger partial charge in [-0.2, -0.15) is 0 Å². The third-order valence-corrected chi connectivity index (χ3v) is 13.6. The molecule has 0 saturated heterocycles. The second kappa shape index (κ2) is 13.6. The van der Waals surface area contributed by atoms with Crippen LogP contribution >= 0.6 is 15.9 Å². The van der Waals surface area contributed by atoms with Gasteiger partial charge in [0.2, 0.25) is 5.91 Å². The summed E-state index contributed by atoms with van der Waals surface area (Å²) in [6.45, 7) is 26.1. The van der Waals surface area contributed by atoms with Gasteiger partial charge in [-0.05, 0) is 69.5 Å². The molecule has 0 aromatic rings. The number of carbonyl (C=O) groups is 1. The van der Waals surface area contributed by atoms with Crippen LogP contribution in [0.2, 0.25) is 18.1 Å². The van der Waals surface area contributed by atoms with E-state index in [1.165, 1.54) is 0 Å². The van der Waals surface area contributed by atoms with Gasteiger partial charge in [0.25, 0.3) is 0 Å². The molecule has 0 aliphatic heterocycles. The molecule has 1 N–H and O–H groups in total. The van der Waals surface area contributed by atoms with Crippen molar-refractivity contribution in [1.29, 1.82) is 0 Å². The van der Waals surface area contributed by atoms with Crippen molar-refractivity contribution >= 4 is 30.2 Å². The van der Waals surface area contributed by atoms with Crippen LogP contribution in [0.4, 0.5) is 0 Å². The SMILES string of the molecule is CC#C[C@]1(C)CCC=C[C@@H]1/C=C(Br)/C=C/[C@@H](C)[C@@H](C)[C@H](C)[C@H](O[Si](C)(C)C(C)(C)C)[C@@H](C)NC(C)=O. The minimum atomic E-state index is -2.01. The van der Waals surface area contributed by atoms with Crippen LogP contribution in [0.5, 0.6) is 0 Å². The number of rotatable bonds is 10. The summed E-state index contributed by atoms with van der Waals surface area (Å²) in [7, 11) is -2.01. The highest BCUT2D eigenvalue weighted by molar-refractivity contribution is 9.11. The van der Waals surface area contributed by atoms with Crippen LogP contribution < -0.4 is 5.32 Å². The standard InChI is InChI=1S/C31H52BrNO2Si/c1-13-19-31(10)20-15-14-16-27(31)21-28(32)18-17-22(2)23(3)24(4)29(25(5)33-26(6)34)35-36(11,12)30(7,8)9/h14,16-18,21-25,27,29H,15,20H2,1-12H3,(H,33,34)/b18-17+,28-21-/t22-,23-,24+,25-,27-,29+,31-/m1/s1. The van der Waals surface area contributed by atoms with Crippen molar-refractivity contribution in [1.82, 2.24) is 5.32 Å². The molecule has 0 aromatic heterocycles. The van der Waals surface area contributed by atoms with E-state index in [9.17, 15) is 4.79 Å². The number of allylic oxidation sites excluding steroid dienone is 6. The molecule has 1 amide bonds. The van der Waals surface area contributed by atoms with Gasteiger partial charge < -0.3 is 9.74 Å². The smallest absolute Gasteiger partial charge is 0.217 e. The van der Waals surface area contributed by atoms with Gasteiger partial charge in [0.1, 0.15) is 0 Å². The highest BCUT2D eigenvalue weighted by Gasteiger charge is 2.42. The molecule has 1 aliphatic carbocycles. The lowest BCUT2D eigenvalue weighted by Gasteiger charge is -2.44. The summed E-state index contributed by atoms with van der Waals surface area (Å²) in [4.78, 5) is 11.9. The predicted molar refractivity (Wildman–Crippen MR) is 162 cm³/mol. The van der Waals surface area contributed by atoms with E-state index in [-0.39, 0.29) is 34.4 Å². The minimum Gasteiger partial charge on any atom is -0.412 e. The molecule has 36 heavy (non-hydrogen) atoms. The number of carbonyl (C=O) groups excluding carboxylic acids is 1. The molecule has 3 nitrogen and oxygen atoms in total. The van der Waals surface area contributed by atoms with Gasteiger partial charge in [-0.25, -0.2) is 0 Å². The number of hydrogen-bond donors (Lipinski definition) is 1. The molecular weight excluding hydrogens is 526 g/mol. The van der Waals surface area contributed by atoms with Crippen molar-refractivity contribution < 1.29 is 9.22 Å². The Balaban J connectivity index is 3.09. The van der Waals surface area contributed by atoms with Gasteiger partial charge in [0.05, 0.1) is 12.1 Å². The third kappa shape index (κ3) is 9.33. The summed E-state index contributed by atoms with van der Waals surface area (Å²) < 4.78 is 8.02. The molecule has 5 heteroatoms. The molecule has 0 fully saturated rings. The Morgan fingerprint density at radius 2 is 1.83 bits per heavy atom. The highest BCUT2D eigenvalue weighted by atomic mass is 79.9. The van der Waals surface area contributed by atoms with E-state index >= 15 is 0 Å². The Labute approximate surface area is 232 Å². The van der Waals surface area contributed by atoms with E-state index in [0.29, 0.717) is 17.8 Å². The Hall–Kier alpha value is -1.09. The maximum Gasteiger partial charge on any atom is 0.217 e. The zero-order valence-corrected chi connectivity index (χ0v) is 27.5.